The SMILES string of the molecule is COCc1cccc(OCc2ccnc(C(=O)O)c2)c1. The van der Waals surface area contributed by atoms with Gasteiger partial charge in [-0.15, -0.1) is 0 Å². The zero-order valence-electron chi connectivity index (χ0n) is 11.1. The number of rotatable bonds is 6. The number of benzene rings is 1. The van der Waals surface area contributed by atoms with E-state index in [4.69, 9.17) is 14.6 Å². The summed E-state index contributed by atoms with van der Waals surface area (Å²) in [5.41, 5.74) is 1.79. The molecule has 5 heteroatoms. The van der Waals surface area contributed by atoms with Crippen molar-refractivity contribution in [2.75, 3.05) is 7.11 Å². The van der Waals surface area contributed by atoms with Crippen LogP contribution in [0.5, 0.6) is 5.75 Å². The number of pyridine rings is 1. The van der Waals surface area contributed by atoms with Gasteiger partial charge in [-0.05, 0) is 35.4 Å². The van der Waals surface area contributed by atoms with Gasteiger partial charge in [0, 0.05) is 13.3 Å². The summed E-state index contributed by atoms with van der Waals surface area (Å²) >= 11 is 0. The van der Waals surface area contributed by atoms with Crippen molar-refractivity contribution in [3.63, 3.8) is 0 Å². The van der Waals surface area contributed by atoms with Crippen molar-refractivity contribution in [3.8, 4) is 5.75 Å². The highest BCUT2D eigenvalue weighted by atomic mass is 16.5. The van der Waals surface area contributed by atoms with E-state index in [0.717, 1.165) is 11.1 Å². The summed E-state index contributed by atoms with van der Waals surface area (Å²) in [5, 5.41) is 8.87. The first kappa shape index (κ1) is 14.0. The molecule has 1 aromatic carbocycles. The fraction of sp³-hybridized carbons (Fsp3) is 0.200. The normalized spacial score (nSPS) is 10.2. The fourth-order valence-electron chi connectivity index (χ4n) is 1.74. The van der Waals surface area contributed by atoms with Crippen LogP contribution in [0.4, 0.5) is 0 Å². The third kappa shape index (κ3) is 3.80. The molecule has 0 atom stereocenters. The second kappa shape index (κ2) is 6.68. The summed E-state index contributed by atoms with van der Waals surface area (Å²) in [6, 6.07) is 10.8. The van der Waals surface area contributed by atoms with Crippen LogP contribution in [-0.2, 0) is 18.0 Å². The largest absolute Gasteiger partial charge is 0.489 e. The van der Waals surface area contributed by atoms with Crippen molar-refractivity contribution in [2.45, 2.75) is 13.2 Å². The monoisotopic (exact) mass is 273 g/mol. The molecule has 5 nitrogen and oxygen atoms in total. The average Bonchev–Trinajstić information content (AvgIpc) is 2.46. The van der Waals surface area contributed by atoms with Crippen LogP contribution in [0.3, 0.4) is 0 Å². The Morgan fingerprint density at radius 3 is 2.75 bits per heavy atom. The molecule has 0 aliphatic carbocycles. The first-order valence-corrected chi connectivity index (χ1v) is 6.08. The van der Waals surface area contributed by atoms with Crippen molar-refractivity contribution in [2.24, 2.45) is 0 Å². The number of aromatic carboxylic acids is 1. The Balaban J connectivity index is 2.03. The maximum Gasteiger partial charge on any atom is 0.354 e. The van der Waals surface area contributed by atoms with Gasteiger partial charge in [-0.1, -0.05) is 12.1 Å². The van der Waals surface area contributed by atoms with Gasteiger partial charge in [0.25, 0.3) is 0 Å². The third-order valence-electron chi connectivity index (χ3n) is 2.66. The molecule has 0 aliphatic heterocycles. The van der Waals surface area contributed by atoms with E-state index in [1.807, 2.05) is 24.3 Å². The third-order valence-corrected chi connectivity index (χ3v) is 2.66. The minimum absolute atomic E-state index is 0.0132. The van der Waals surface area contributed by atoms with Crippen molar-refractivity contribution >= 4 is 5.97 Å². The minimum atomic E-state index is -1.05. The number of nitrogens with zero attached hydrogens (tertiary/aromatic N) is 1. The Morgan fingerprint density at radius 2 is 2.00 bits per heavy atom. The van der Waals surface area contributed by atoms with Gasteiger partial charge >= 0.3 is 5.97 Å². The van der Waals surface area contributed by atoms with Gasteiger partial charge in [-0.3, -0.25) is 0 Å². The van der Waals surface area contributed by atoms with Crippen LogP contribution in [0.15, 0.2) is 42.6 Å². The number of methoxy groups -OCH3 is 1. The van der Waals surface area contributed by atoms with Crippen LogP contribution < -0.4 is 4.74 Å². The lowest BCUT2D eigenvalue weighted by atomic mass is 10.2. The number of carbonyl (C=O) groups is 1. The summed E-state index contributed by atoms with van der Waals surface area (Å²) in [5.74, 6) is -0.331. The van der Waals surface area contributed by atoms with E-state index in [2.05, 4.69) is 4.98 Å². The van der Waals surface area contributed by atoms with Gasteiger partial charge in [-0.2, -0.15) is 0 Å². The Hall–Kier alpha value is -2.40. The molecule has 0 fully saturated rings. The molecule has 2 rings (SSSR count). The summed E-state index contributed by atoms with van der Waals surface area (Å²) in [6.45, 7) is 0.814. The van der Waals surface area contributed by atoms with E-state index >= 15 is 0 Å². The Bertz CT molecular complexity index is 598. The highest BCUT2D eigenvalue weighted by molar-refractivity contribution is 5.85. The Labute approximate surface area is 116 Å². The van der Waals surface area contributed by atoms with Crippen LogP contribution in [0.1, 0.15) is 21.6 Å². The van der Waals surface area contributed by atoms with Gasteiger partial charge in [-0.25, -0.2) is 9.78 Å². The minimum Gasteiger partial charge on any atom is -0.489 e. The first-order valence-electron chi connectivity index (χ1n) is 6.08. The number of carboxylic acids is 1. The Morgan fingerprint density at radius 1 is 1.20 bits per heavy atom. The highest BCUT2D eigenvalue weighted by Gasteiger charge is 2.05. The summed E-state index contributed by atoms with van der Waals surface area (Å²) in [4.78, 5) is 14.6. The number of hydrogen-bond donors (Lipinski definition) is 1. The maximum atomic E-state index is 10.8. The van der Waals surface area contributed by atoms with Gasteiger partial charge in [0.1, 0.15) is 18.1 Å². The van der Waals surface area contributed by atoms with Crippen LogP contribution in [0.25, 0.3) is 0 Å². The topological polar surface area (TPSA) is 68.7 Å². The van der Waals surface area contributed by atoms with Gasteiger partial charge < -0.3 is 14.6 Å². The molecule has 0 radical (unpaired) electrons. The van der Waals surface area contributed by atoms with Gasteiger partial charge in [0.15, 0.2) is 0 Å². The predicted octanol–water partition coefficient (Wildman–Crippen LogP) is 2.51. The van der Waals surface area contributed by atoms with Gasteiger partial charge in [0.05, 0.1) is 6.61 Å². The molecule has 0 unspecified atom stereocenters. The lowest BCUT2D eigenvalue weighted by Crippen LogP contribution is -2.03. The molecule has 2 aromatic rings. The van der Waals surface area contributed by atoms with E-state index in [-0.39, 0.29) is 5.69 Å². The molecule has 0 spiro atoms. The zero-order chi connectivity index (χ0) is 14.4. The molecule has 1 aromatic heterocycles. The van der Waals surface area contributed by atoms with E-state index in [1.165, 1.54) is 12.3 Å². The highest BCUT2D eigenvalue weighted by Crippen LogP contribution is 2.16. The fourth-order valence-corrected chi connectivity index (χ4v) is 1.74. The summed E-state index contributed by atoms with van der Waals surface area (Å²) in [6.07, 6.45) is 1.46. The number of hydrogen-bond acceptors (Lipinski definition) is 4. The van der Waals surface area contributed by atoms with Crippen LogP contribution >= 0.6 is 0 Å². The molecule has 20 heavy (non-hydrogen) atoms. The van der Waals surface area contributed by atoms with Crippen LogP contribution in [-0.4, -0.2) is 23.2 Å². The van der Waals surface area contributed by atoms with E-state index in [0.29, 0.717) is 19.0 Å². The van der Waals surface area contributed by atoms with E-state index < -0.39 is 5.97 Å². The summed E-state index contributed by atoms with van der Waals surface area (Å²) in [7, 11) is 1.64. The van der Waals surface area contributed by atoms with E-state index in [9.17, 15) is 4.79 Å². The molecule has 0 saturated heterocycles. The molecule has 0 bridgehead atoms. The number of aromatic nitrogens is 1. The average molecular weight is 273 g/mol. The van der Waals surface area contributed by atoms with Crippen molar-refractivity contribution < 1.29 is 19.4 Å². The second-order valence-electron chi connectivity index (χ2n) is 4.22. The molecular weight excluding hydrogens is 258 g/mol. The molecule has 104 valence electrons. The number of ether oxygens (including phenoxy) is 2. The lowest BCUT2D eigenvalue weighted by Gasteiger charge is -2.08. The number of carboxylic acid groups (broad SMARTS) is 1. The van der Waals surface area contributed by atoms with Gasteiger partial charge in [0.2, 0.25) is 0 Å². The smallest absolute Gasteiger partial charge is 0.354 e. The first-order chi connectivity index (χ1) is 9.69. The molecule has 0 saturated carbocycles. The maximum absolute atomic E-state index is 10.8. The van der Waals surface area contributed by atoms with Crippen molar-refractivity contribution in [3.05, 3.63) is 59.4 Å². The lowest BCUT2D eigenvalue weighted by molar-refractivity contribution is 0.0690. The predicted molar refractivity (Wildman–Crippen MR) is 72.7 cm³/mol. The van der Waals surface area contributed by atoms with Crippen molar-refractivity contribution in [1.29, 1.82) is 0 Å². The van der Waals surface area contributed by atoms with Crippen molar-refractivity contribution in [1.82, 2.24) is 4.98 Å². The molecule has 0 aliphatic rings. The molecular formula is C15H15NO4. The molecule has 1 heterocycles. The standard InChI is InChI=1S/C15H15NO4/c1-19-9-11-3-2-4-13(7-11)20-10-12-5-6-16-14(8-12)15(17)18/h2-8H,9-10H2,1H3,(H,17,18). The van der Waals surface area contributed by atoms with Crippen LogP contribution in [0.2, 0.25) is 0 Å². The second-order valence-corrected chi connectivity index (χ2v) is 4.22. The zero-order valence-corrected chi connectivity index (χ0v) is 11.1. The quantitative estimate of drug-likeness (QED) is 0.875. The summed E-state index contributed by atoms with van der Waals surface area (Å²) < 4.78 is 10.7. The van der Waals surface area contributed by atoms with Crippen LogP contribution in [0, 0.1) is 0 Å². The molecule has 0 amide bonds. The van der Waals surface area contributed by atoms with E-state index in [1.54, 1.807) is 13.2 Å². The Kier molecular flexibility index (Phi) is 4.68. The molecule has 1 N–H and O–H groups in total.